The van der Waals surface area contributed by atoms with Crippen LogP contribution in [-0.4, -0.2) is 25.8 Å². The van der Waals surface area contributed by atoms with Gasteiger partial charge in [0.1, 0.15) is 0 Å². The van der Waals surface area contributed by atoms with Gasteiger partial charge >= 0.3 is 0 Å². The summed E-state index contributed by atoms with van der Waals surface area (Å²) in [5.74, 6) is 0.860. The van der Waals surface area contributed by atoms with Gasteiger partial charge in [-0.3, -0.25) is 0 Å². The van der Waals surface area contributed by atoms with Crippen molar-refractivity contribution in [2.45, 2.75) is 31.8 Å². The minimum Gasteiger partial charge on any atom is -0.378 e. The highest BCUT2D eigenvalue weighted by Gasteiger charge is 2.26. The lowest BCUT2D eigenvalue weighted by atomic mass is 9.91. The Balaban J connectivity index is 1.82. The Kier molecular flexibility index (Phi) is 2.44. The van der Waals surface area contributed by atoms with Crippen molar-refractivity contribution in [3.63, 3.8) is 0 Å². The lowest BCUT2D eigenvalue weighted by Crippen LogP contribution is -2.33. The molecule has 2 heteroatoms. The molecule has 2 saturated heterocycles. The highest BCUT2D eigenvalue weighted by molar-refractivity contribution is 4.78. The van der Waals surface area contributed by atoms with Gasteiger partial charge in [0.05, 0.1) is 6.10 Å². The summed E-state index contributed by atoms with van der Waals surface area (Å²) in [6.45, 7) is 3.41. The molecule has 0 aromatic heterocycles. The van der Waals surface area contributed by atoms with Crippen molar-refractivity contribution in [1.29, 1.82) is 0 Å². The van der Waals surface area contributed by atoms with Gasteiger partial charge in [0.2, 0.25) is 0 Å². The molecule has 0 aromatic rings. The normalized spacial score (nSPS) is 34.4. The van der Waals surface area contributed by atoms with Crippen LogP contribution in [0.15, 0.2) is 0 Å². The van der Waals surface area contributed by atoms with Gasteiger partial charge in [-0.2, -0.15) is 0 Å². The highest BCUT2D eigenvalue weighted by atomic mass is 16.5. The molecule has 0 spiro atoms. The molecule has 1 atom stereocenters. The molecule has 2 nitrogen and oxygen atoms in total. The van der Waals surface area contributed by atoms with Gasteiger partial charge in [-0.25, -0.2) is 0 Å². The van der Waals surface area contributed by atoms with Crippen LogP contribution in [0.2, 0.25) is 0 Å². The average molecular weight is 155 g/mol. The van der Waals surface area contributed by atoms with Crippen LogP contribution < -0.4 is 5.32 Å². The summed E-state index contributed by atoms with van der Waals surface area (Å²) in [6.07, 6.45) is 5.85. The number of piperidine rings is 1. The minimum absolute atomic E-state index is 0.608. The van der Waals surface area contributed by atoms with E-state index in [9.17, 15) is 0 Å². The first-order valence-electron chi connectivity index (χ1n) is 4.79. The zero-order chi connectivity index (χ0) is 7.52. The Morgan fingerprint density at radius 1 is 1.09 bits per heavy atom. The van der Waals surface area contributed by atoms with Crippen molar-refractivity contribution in [2.24, 2.45) is 5.92 Å². The lowest BCUT2D eigenvalue weighted by Gasteiger charge is -2.27. The van der Waals surface area contributed by atoms with Gasteiger partial charge in [-0.1, -0.05) is 0 Å². The van der Waals surface area contributed by atoms with Gasteiger partial charge in [-0.05, 0) is 44.7 Å². The second-order valence-corrected chi connectivity index (χ2v) is 3.64. The van der Waals surface area contributed by atoms with E-state index in [-0.39, 0.29) is 0 Å². The first-order chi connectivity index (χ1) is 5.47. The van der Waals surface area contributed by atoms with E-state index in [1.54, 1.807) is 0 Å². The molecular weight excluding hydrogens is 138 g/mol. The first-order valence-corrected chi connectivity index (χ1v) is 4.79. The van der Waals surface area contributed by atoms with E-state index < -0.39 is 0 Å². The van der Waals surface area contributed by atoms with E-state index in [4.69, 9.17) is 4.74 Å². The fourth-order valence-corrected chi connectivity index (χ4v) is 2.19. The first kappa shape index (κ1) is 7.56. The molecule has 2 aliphatic rings. The van der Waals surface area contributed by atoms with E-state index in [0.29, 0.717) is 6.10 Å². The number of hydrogen-bond acceptors (Lipinski definition) is 2. The molecule has 2 heterocycles. The maximum Gasteiger partial charge on any atom is 0.0605 e. The van der Waals surface area contributed by atoms with E-state index in [1.165, 1.54) is 38.8 Å². The van der Waals surface area contributed by atoms with Gasteiger partial charge in [-0.15, -0.1) is 0 Å². The molecule has 0 unspecified atom stereocenters. The minimum atomic E-state index is 0.608. The molecule has 11 heavy (non-hydrogen) atoms. The third kappa shape index (κ3) is 1.74. The molecule has 64 valence electrons. The van der Waals surface area contributed by atoms with E-state index >= 15 is 0 Å². The molecule has 0 saturated carbocycles. The fourth-order valence-electron chi connectivity index (χ4n) is 2.19. The molecule has 0 aliphatic carbocycles. The van der Waals surface area contributed by atoms with Crippen LogP contribution in [-0.2, 0) is 4.74 Å². The zero-order valence-electron chi connectivity index (χ0n) is 7.01. The maximum atomic E-state index is 5.66. The Morgan fingerprint density at radius 2 is 1.91 bits per heavy atom. The van der Waals surface area contributed by atoms with Gasteiger partial charge < -0.3 is 10.1 Å². The Labute approximate surface area is 68.3 Å². The summed E-state index contributed by atoms with van der Waals surface area (Å²) >= 11 is 0. The summed E-state index contributed by atoms with van der Waals surface area (Å²) in [5, 5.41) is 3.38. The van der Waals surface area contributed by atoms with Crippen molar-refractivity contribution >= 4 is 0 Å². The highest BCUT2D eigenvalue weighted by Crippen LogP contribution is 2.26. The molecule has 0 radical (unpaired) electrons. The fraction of sp³-hybridized carbons (Fsp3) is 1.00. The van der Waals surface area contributed by atoms with Crippen LogP contribution in [0.5, 0.6) is 0 Å². The third-order valence-electron chi connectivity index (χ3n) is 2.87. The van der Waals surface area contributed by atoms with E-state index in [2.05, 4.69) is 5.32 Å². The lowest BCUT2D eigenvalue weighted by molar-refractivity contribution is 0.0505. The molecule has 0 aromatic carbocycles. The van der Waals surface area contributed by atoms with Crippen molar-refractivity contribution in [3.8, 4) is 0 Å². The topological polar surface area (TPSA) is 21.3 Å². The van der Waals surface area contributed by atoms with Crippen molar-refractivity contribution in [1.82, 2.24) is 5.32 Å². The summed E-state index contributed by atoms with van der Waals surface area (Å²) in [6, 6.07) is 0. The predicted molar refractivity (Wildman–Crippen MR) is 44.6 cm³/mol. The van der Waals surface area contributed by atoms with Crippen LogP contribution in [0.25, 0.3) is 0 Å². The quantitative estimate of drug-likeness (QED) is 0.613. The second kappa shape index (κ2) is 3.55. The largest absolute Gasteiger partial charge is 0.378 e. The Hall–Kier alpha value is -0.0800. The second-order valence-electron chi connectivity index (χ2n) is 3.64. The molecule has 0 bridgehead atoms. The standard InChI is InChI=1S/C9H17NO/c1-2-9(11-7-1)8-3-5-10-6-4-8/h8-10H,1-7H2/t9-/m0/s1. The molecule has 2 rings (SSSR count). The predicted octanol–water partition coefficient (Wildman–Crippen LogP) is 1.16. The SMILES string of the molecule is C1CO[C@H](C2CCNCC2)C1. The number of rotatable bonds is 1. The number of ether oxygens (including phenoxy) is 1. The smallest absolute Gasteiger partial charge is 0.0605 e. The Morgan fingerprint density at radius 3 is 2.55 bits per heavy atom. The van der Waals surface area contributed by atoms with Crippen molar-refractivity contribution in [3.05, 3.63) is 0 Å². The molecule has 2 aliphatic heterocycles. The molecule has 2 fully saturated rings. The zero-order valence-corrected chi connectivity index (χ0v) is 7.01. The summed E-state index contributed by atoms with van der Waals surface area (Å²) < 4.78 is 5.66. The number of hydrogen-bond donors (Lipinski definition) is 1. The van der Waals surface area contributed by atoms with Gasteiger partial charge in [0, 0.05) is 6.61 Å². The van der Waals surface area contributed by atoms with Crippen molar-refractivity contribution < 1.29 is 4.74 Å². The monoisotopic (exact) mass is 155 g/mol. The molecule has 1 N–H and O–H groups in total. The third-order valence-corrected chi connectivity index (χ3v) is 2.87. The van der Waals surface area contributed by atoms with Gasteiger partial charge in [0.25, 0.3) is 0 Å². The van der Waals surface area contributed by atoms with E-state index in [0.717, 1.165) is 12.5 Å². The summed E-state index contributed by atoms with van der Waals surface area (Å²) in [4.78, 5) is 0. The van der Waals surface area contributed by atoms with Crippen LogP contribution in [0.4, 0.5) is 0 Å². The Bertz CT molecular complexity index is 115. The van der Waals surface area contributed by atoms with Crippen molar-refractivity contribution in [2.75, 3.05) is 19.7 Å². The van der Waals surface area contributed by atoms with Crippen LogP contribution >= 0.6 is 0 Å². The number of nitrogens with one attached hydrogen (secondary N) is 1. The average Bonchev–Trinajstić information content (AvgIpc) is 2.58. The molecular formula is C9H17NO. The maximum absolute atomic E-state index is 5.66. The van der Waals surface area contributed by atoms with Gasteiger partial charge in [0.15, 0.2) is 0 Å². The molecule has 0 amide bonds. The van der Waals surface area contributed by atoms with Crippen LogP contribution in [0, 0.1) is 5.92 Å². The van der Waals surface area contributed by atoms with Crippen LogP contribution in [0.3, 0.4) is 0 Å². The van der Waals surface area contributed by atoms with Crippen LogP contribution in [0.1, 0.15) is 25.7 Å². The summed E-state index contributed by atoms with van der Waals surface area (Å²) in [7, 11) is 0. The summed E-state index contributed by atoms with van der Waals surface area (Å²) in [5.41, 5.74) is 0. The van der Waals surface area contributed by atoms with E-state index in [1.807, 2.05) is 0 Å².